The number of nitrogens with zero attached hydrogens (tertiary/aromatic N) is 1. The summed E-state index contributed by atoms with van der Waals surface area (Å²) in [6, 6.07) is 1.71. The lowest BCUT2D eigenvalue weighted by Gasteiger charge is -2.11. The van der Waals surface area contributed by atoms with Crippen molar-refractivity contribution in [3.8, 4) is 0 Å². The van der Waals surface area contributed by atoms with Gasteiger partial charge in [0.15, 0.2) is 0 Å². The zero-order chi connectivity index (χ0) is 12.1. The molecule has 0 radical (unpaired) electrons. The van der Waals surface area contributed by atoms with E-state index in [2.05, 4.69) is 24.1 Å². The summed E-state index contributed by atoms with van der Waals surface area (Å²) in [5.74, 6) is 0.122. The Balaban J connectivity index is 2.79. The number of anilines is 1. The molecule has 0 saturated carbocycles. The Hall–Kier alpha value is -1.58. The van der Waals surface area contributed by atoms with Crippen LogP contribution >= 0.6 is 0 Å². The molecule has 1 rings (SSSR count). The van der Waals surface area contributed by atoms with Gasteiger partial charge in [0, 0.05) is 12.7 Å². The van der Waals surface area contributed by atoms with Gasteiger partial charge < -0.3 is 10.4 Å². The normalized spacial score (nSPS) is 10.5. The molecule has 1 aromatic heterocycles. The van der Waals surface area contributed by atoms with Crippen molar-refractivity contribution < 1.29 is 9.90 Å². The molecule has 0 saturated heterocycles. The van der Waals surface area contributed by atoms with Crippen molar-refractivity contribution in [3.63, 3.8) is 0 Å². The van der Waals surface area contributed by atoms with Gasteiger partial charge in [-0.15, -0.1) is 0 Å². The van der Waals surface area contributed by atoms with Crippen LogP contribution in [-0.2, 0) is 0 Å². The van der Waals surface area contributed by atoms with Crippen LogP contribution in [0.15, 0.2) is 12.3 Å². The van der Waals surface area contributed by atoms with Gasteiger partial charge in [0.25, 0.3) is 0 Å². The highest BCUT2D eigenvalue weighted by Crippen LogP contribution is 2.16. The summed E-state index contributed by atoms with van der Waals surface area (Å²) in [4.78, 5) is 15.1. The van der Waals surface area contributed by atoms with Crippen molar-refractivity contribution in [3.05, 3.63) is 23.4 Å². The molecule has 0 bridgehead atoms. The monoisotopic (exact) mass is 222 g/mol. The summed E-state index contributed by atoms with van der Waals surface area (Å²) in [7, 11) is 0. The summed E-state index contributed by atoms with van der Waals surface area (Å²) < 4.78 is 0. The largest absolute Gasteiger partial charge is 0.478 e. The number of carboxylic acids is 1. The predicted octanol–water partition coefficient (Wildman–Crippen LogP) is 2.55. The van der Waals surface area contributed by atoms with E-state index < -0.39 is 5.97 Å². The topological polar surface area (TPSA) is 62.2 Å². The zero-order valence-electron chi connectivity index (χ0n) is 9.95. The molecule has 0 fully saturated rings. The van der Waals surface area contributed by atoms with Crippen molar-refractivity contribution in [2.75, 3.05) is 11.9 Å². The first-order chi connectivity index (χ1) is 7.52. The van der Waals surface area contributed by atoms with Gasteiger partial charge in [0.1, 0.15) is 11.4 Å². The van der Waals surface area contributed by atoms with Gasteiger partial charge in [-0.05, 0) is 30.9 Å². The standard InChI is InChI=1S/C12H18N2O2/c1-8(2)4-6-13-11-10(12(15)16)9(3)5-7-14-11/h5,7-8H,4,6H2,1-3H3,(H,13,14)(H,15,16). The Morgan fingerprint density at radius 3 is 2.81 bits per heavy atom. The van der Waals surface area contributed by atoms with Crippen LogP contribution in [0.3, 0.4) is 0 Å². The Kier molecular flexibility index (Phi) is 4.28. The third-order valence-electron chi connectivity index (χ3n) is 2.39. The fourth-order valence-corrected chi connectivity index (χ4v) is 1.44. The van der Waals surface area contributed by atoms with Gasteiger partial charge >= 0.3 is 5.97 Å². The van der Waals surface area contributed by atoms with Crippen LogP contribution in [0.1, 0.15) is 36.2 Å². The van der Waals surface area contributed by atoms with Crippen molar-refractivity contribution >= 4 is 11.8 Å². The molecule has 0 aromatic carbocycles. The SMILES string of the molecule is Cc1ccnc(NCCC(C)C)c1C(=O)O. The second kappa shape index (κ2) is 5.49. The van der Waals surface area contributed by atoms with Crippen molar-refractivity contribution in [1.82, 2.24) is 4.98 Å². The maximum Gasteiger partial charge on any atom is 0.339 e. The Morgan fingerprint density at radius 2 is 2.25 bits per heavy atom. The molecule has 2 N–H and O–H groups in total. The van der Waals surface area contributed by atoms with E-state index in [-0.39, 0.29) is 5.56 Å². The summed E-state index contributed by atoms with van der Waals surface area (Å²) >= 11 is 0. The van der Waals surface area contributed by atoms with Crippen molar-refractivity contribution in [2.45, 2.75) is 27.2 Å². The number of hydrogen-bond acceptors (Lipinski definition) is 3. The fraction of sp³-hybridized carbons (Fsp3) is 0.500. The van der Waals surface area contributed by atoms with Crippen molar-refractivity contribution in [1.29, 1.82) is 0 Å². The summed E-state index contributed by atoms with van der Waals surface area (Å²) in [5.41, 5.74) is 1.00. The fourth-order valence-electron chi connectivity index (χ4n) is 1.44. The van der Waals surface area contributed by atoms with Crippen LogP contribution in [0.25, 0.3) is 0 Å². The van der Waals surface area contributed by atoms with E-state index in [1.807, 2.05) is 0 Å². The number of aromatic nitrogens is 1. The molecule has 0 unspecified atom stereocenters. The van der Waals surface area contributed by atoms with E-state index in [1.165, 1.54) is 0 Å². The maximum absolute atomic E-state index is 11.1. The highest BCUT2D eigenvalue weighted by molar-refractivity contribution is 5.94. The minimum absolute atomic E-state index is 0.270. The predicted molar refractivity (Wildman–Crippen MR) is 63.9 cm³/mol. The number of aryl methyl sites for hydroxylation is 1. The Morgan fingerprint density at radius 1 is 1.56 bits per heavy atom. The van der Waals surface area contributed by atoms with E-state index in [1.54, 1.807) is 19.2 Å². The molecule has 4 nitrogen and oxygen atoms in total. The van der Waals surface area contributed by atoms with Gasteiger partial charge in [-0.25, -0.2) is 9.78 Å². The number of aromatic carboxylic acids is 1. The molecule has 0 amide bonds. The van der Waals surface area contributed by atoms with E-state index >= 15 is 0 Å². The lowest BCUT2D eigenvalue weighted by atomic mass is 10.1. The van der Waals surface area contributed by atoms with E-state index in [4.69, 9.17) is 5.11 Å². The van der Waals surface area contributed by atoms with Gasteiger partial charge in [-0.1, -0.05) is 13.8 Å². The number of nitrogens with one attached hydrogen (secondary N) is 1. The van der Waals surface area contributed by atoms with Crippen LogP contribution in [0.2, 0.25) is 0 Å². The molecule has 4 heteroatoms. The summed E-state index contributed by atoms with van der Waals surface area (Å²) in [5, 5.41) is 12.1. The molecular weight excluding hydrogens is 204 g/mol. The maximum atomic E-state index is 11.1. The van der Waals surface area contributed by atoms with Crippen LogP contribution in [0.4, 0.5) is 5.82 Å². The first kappa shape index (κ1) is 12.5. The second-order valence-corrected chi connectivity index (χ2v) is 4.27. The number of rotatable bonds is 5. The van der Waals surface area contributed by atoms with Gasteiger partial charge in [-0.3, -0.25) is 0 Å². The summed E-state index contributed by atoms with van der Waals surface area (Å²) in [6.07, 6.45) is 2.62. The van der Waals surface area contributed by atoms with Gasteiger partial charge in [0.05, 0.1) is 0 Å². The molecule has 0 aliphatic heterocycles. The minimum Gasteiger partial charge on any atom is -0.478 e. The first-order valence-electron chi connectivity index (χ1n) is 5.45. The molecule has 0 aliphatic carbocycles. The number of carboxylic acid groups (broad SMARTS) is 1. The number of pyridine rings is 1. The van der Waals surface area contributed by atoms with E-state index in [0.717, 1.165) is 18.5 Å². The van der Waals surface area contributed by atoms with Crippen molar-refractivity contribution in [2.24, 2.45) is 5.92 Å². The number of carbonyl (C=O) groups is 1. The van der Waals surface area contributed by atoms with Crippen LogP contribution in [-0.4, -0.2) is 22.6 Å². The minimum atomic E-state index is -0.933. The van der Waals surface area contributed by atoms with E-state index in [0.29, 0.717) is 11.7 Å². The highest BCUT2D eigenvalue weighted by atomic mass is 16.4. The average molecular weight is 222 g/mol. The average Bonchev–Trinajstić information content (AvgIpc) is 2.16. The smallest absolute Gasteiger partial charge is 0.339 e. The summed E-state index contributed by atoms with van der Waals surface area (Å²) in [6.45, 7) is 6.78. The van der Waals surface area contributed by atoms with E-state index in [9.17, 15) is 4.79 Å². The Bertz CT molecular complexity index is 375. The number of hydrogen-bond donors (Lipinski definition) is 2. The van der Waals surface area contributed by atoms with Gasteiger partial charge in [0.2, 0.25) is 0 Å². The molecule has 88 valence electrons. The molecule has 16 heavy (non-hydrogen) atoms. The Labute approximate surface area is 95.7 Å². The molecule has 1 heterocycles. The lowest BCUT2D eigenvalue weighted by Crippen LogP contribution is -2.12. The first-order valence-corrected chi connectivity index (χ1v) is 5.45. The van der Waals surface area contributed by atoms with Crippen LogP contribution in [0, 0.1) is 12.8 Å². The molecule has 0 aliphatic rings. The highest BCUT2D eigenvalue weighted by Gasteiger charge is 2.13. The second-order valence-electron chi connectivity index (χ2n) is 4.27. The van der Waals surface area contributed by atoms with Gasteiger partial charge in [-0.2, -0.15) is 0 Å². The molecule has 0 atom stereocenters. The third kappa shape index (κ3) is 3.22. The molecule has 0 spiro atoms. The third-order valence-corrected chi connectivity index (χ3v) is 2.39. The molecular formula is C12H18N2O2. The van der Waals surface area contributed by atoms with Crippen LogP contribution in [0.5, 0.6) is 0 Å². The quantitative estimate of drug-likeness (QED) is 0.803. The zero-order valence-corrected chi connectivity index (χ0v) is 9.95. The molecule has 1 aromatic rings. The van der Waals surface area contributed by atoms with Crippen LogP contribution < -0.4 is 5.32 Å². The lowest BCUT2D eigenvalue weighted by molar-refractivity contribution is 0.0697.